The molecule has 0 saturated carbocycles. The van der Waals surface area contributed by atoms with Gasteiger partial charge in [-0.2, -0.15) is 0 Å². The number of hydrogen-bond acceptors (Lipinski definition) is 11. The van der Waals surface area contributed by atoms with Crippen LogP contribution in [0.5, 0.6) is 0 Å². The minimum Gasteiger partial charge on any atom is -0.756 e. The van der Waals surface area contributed by atoms with Crippen LogP contribution < -0.4 is 4.89 Å². The number of rotatable bonds is 37. The smallest absolute Gasteiger partial charge is 0.306 e. The van der Waals surface area contributed by atoms with Crippen LogP contribution in [0.25, 0.3) is 0 Å². The molecule has 1 heterocycles. The van der Waals surface area contributed by atoms with Gasteiger partial charge in [-0.05, 0) is 81.9 Å². The molecule has 0 amide bonds. The van der Waals surface area contributed by atoms with Crippen molar-refractivity contribution in [3.63, 3.8) is 0 Å². The lowest BCUT2D eigenvalue weighted by molar-refractivity contribution is -0.870. The highest BCUT2D eigenvalue weighted by molar-refractivity contribution is 7.45. The molecule has 1 aromatic rings. The number of ketones is 1. The van der Waals surface area contributed by atoms with Crippen LogP contribution in [-0.2, 0) is 50.3 Å². The van der Waals surface area contributed by atoms with Gasteiger partial charge in [0.15, 0.2) is 11.9 Å². The number of carbonyl (C=O) groups is 3. The summed E-state index contributed by atoms with van der Waals surface area (Å²) in [6.07, 6.45) is 29.1. The monoisotopic (exact) mass is 906 g/mol. The van der Waals surface area contributed by atoms with Crippen molar-refractivity contribution in [2.45, 2.75) is 181 Å². The lowest BCUT2D eigenvalue weighted by atomic mass is 9.90. The zero-order valence-corrected chi connectivity index (χ0v) is 41.0. The predicted molar refractivity (Wildman–Crippen MR) is 248 cm³/mol. The van der Waals surface area contributed by atoms with E-state index in [0.29, 0.717) is 43.1 Å². The summed E-state index contributed by atoms with van der Waals surface area (Å²) >= 11 is 0. The van der Waals surface area contributed by atoms with Gasteiger partial charge in [-0.3, -0.25) is 18.9 Å². The number of phosphoric ester groups is 1. The van der Waals surface area contributed by atoms with Crippen LogP contribution in [0.1, 0.15) is 165 Å². The molecule has 1 aliphatic rings. The standard InChI is InChI=1S/C50H84NO11P/c1-8-10-20-27-43(52)33-34-45-42(32-35-46(45)53)26-22-18-19-25-31-50(55)61-44(39-60-63(56,57)59-37-36-51(5,6)7)38-58-49(54)30-24-17-15-13-12-14-16-23-29-48-41(4)40(3)47(62-48)28-21-11-9-2/h18,22,32-35,42-45,52H,8-17,19-21,23-31,36-39H2,1-7H3/b22-18-,34-33+/t42-,43-,44+,45+/m0/s1. The Morgan fingerprint density at radius 1 is 0.825 bits per heavy atom. The third-order valence-corrected chi connectivity index (χ3v) is 12.6. The zero-order chi connectivity index (χ0) is 46.5. The fourth-order valence-electron chi connectivity index (χ4n) is 7.41. The SMILES string of the molecule is CCCCCc1oc(CCCCCCCCCCC(=O)OC[C@H](COP(=O)([O-])OCC[N+](C)(C)C)OC(=O)CCC/C=C\C[C@H]2C=CC(=O)[C@@H]2/C=C/[C@@H](O)CCCCC)c(C)c1C. The van der Waals surface area contributed by atoms with Gasteiger partial charge in [0.2, 0.25) is 0 Å². The zero-order valence-electron chi connectivity index (χ0n) is 40.1. The minimum atomic E-state index is -4.70. The van der Waals surface area contributed by atoms with Gasteiger partial charge >= 0.3 is 11.9 Å². The molecule has 1 aromatic heterocycles. The van der Waals surface area contributed by atoms with Gasteiger partial charge in [-0.15, -0.1) is 0 Å². The van der Waals surface area contributed by atoms with Gasteiger partial charge in [-0.25, -0.2) is 0 Å². The van der Waals surface area contributed by atoms with Crippen LogP contribution in [-0.4, -0.2) is 87.0 Å². The van der Waals surface area contributed by atoms with Crippen molar-refractivity contribution in [1.82, 2.24) is 0 Å². The quantitative estimate of drug-likeness (QED) is 0.0222. The molecule has 0 bridgehead atoms. The number of hydrogen-bond donors (Lipinski definition) is 1. The molecule has 0 saturated heterocycles. The van der Waals surface area contributed by atoms with Crippen molar-refractivity contribution >= 4 is 25.5 Å². The summed E-state index contributed by atoms with van der Waals surface area (Å²) < 4.78 is 40.2. The number of nitrogens with zero attached hydrogens (tertiary/aromatic N) is 1. The average Bonchev–Trinajstić information content (AvgIpc) is 3.71. The van der Waals surface area contributed by atoms with Gasteiger partial charge in [0.05, 0.1) is 33.9 Å². The lowest BCUT2D eigenvalue weighted by Crippen LogP contribution is -2.37. The van der Waals surface area contributed by atoms with E-state index in [1.165, 1.54) is 43.2 Å². The Morgan fingerprint density at radius 3 is 2.08 bits per heavy atom. The van der Waals surface area contributed by atoms with E-state index in [1.807, 2.05) is 45.4 Å². The summed E-state index contributed by atoms with van der Waals surface area (Å²) in [6.45, 7) is 8.18. The summed E-state index contributed by atoms with van der Waals surface area (Å²) in [5, 5.41) is 10.2. The molecule has 0 fully saturated rings. The molecular formula is C50H84NO11P. The summed E-state index contributed by atoms with van der Waals surface area (Å²) in [6, 6.07) is 0. The van der Waals surface area contributed by atoms with Crippen LogP contribution in [0.15, 0.2) is 40.9 Å². The molecule has 13 heteroatoms. The van der Waals surface area contributed by atoms with E-state index in [1.54, 1.807) is 12.2 Å². The van der Waals surface area contributed by atoms with Crippen LogP contribution in [0.4, 0.5) is 0 Å². The molecule has 1 N–H and O–H groups in total. The number of likely N-dealkylation sites (N-methyl/N-ethyl adjacent to an activating group) is 1. The van der Waals surface area contributed by atoms with Crippen molar-refractivity contribution in [2.24, 2.45) is 11.8 Å². The Hall–Kier alpha value is -2.86. The van der Waals surface area contributed by atoms with Crippen molar-refractivity contribution in [3.8, 4) is 0 Å². The molecule has 0 spiro atoms. The second kappa shape index (κ2) is 31.9. The molecule has 360 valence electrons. The van der Waals surface area contributed by atoms with E-state index in [-0.39, 0.29) is 43.7 Å². The number of unbranched alkanes of at least 4 members (excludes halogenated alkanes) is 12. The highest BCUT2D eigenvalue weighted by Gasteiger charge is 2.27. The Balaban J connectivity index is 1.72. The van der Waals surface area contributed by atoms with Gasteiger partial charge in [-0.1, -0.05) is 115 Å². The number of carbonyl (C=O) groups excluding carboxylic acids is 3. The Kier molecular flexibility index (Phi) is 28.5. The number of phosphoric acid groups is 1. The van der Waals surface area contributed by atoms with Crippen molar-refractivity contribution < 1.29 is 56.4 Å². The molecular weight excluding hydrogens is 822 g/mol. The first-order chi connectivity index (χ1) is 30.0. The number of allylic oxidation sites excluding steroid dienone is 5. The van der Waals surface area contributed by atoms with Crippen LogP contribution in [0, 0.1) is 25.7 Å². The fourth-order valence-corrected chi connectivity index (χ4v) is 8.14. The normalized spacial score (nSPS) is 17.5. The van der Waals surface area contributed by atoms with Crippen LogP contribution in [0.2, 0.25) is 0 Å². The first-order valence-electron chi connectivity index (χ1n) is 24.1. The van der Waals surface area contributed by atoms with E-state index >= 15 is 0 Å². The van der Waals surface area contributed by atoms with Crippen molar-refractivity contribution in [2.75, 3.05) is 47.5 Å². The number of aliphatic hydroxyl groups excluding tert-OH is 1. The van der Waals surface area contributed by atoms with E-state index in [9.17, 15) is 28.9 Å². The number of quaternary nitrogens is 1. The Morgan fingerprint density at radius 2 is 1.43 bits per heavy atom. The predicted octanol–water partition coefficient (Wildman–Crippen LogP) is 10.3. The maximum atomic E-state index is 12.8. The molecule has 0 radical (unpaired) electrons. The first kappa shape index (κ1) is 56.3. The highest BCUT2D eigenvalue weighted by atomic mass is 31.2. The largest absolute Gasteiger partial charge is 0.756 e. The van der Waals surface area contributed by atoms with Crippen LogP contribution >= 0.6 is 7.82 Å². The third kappa shape index (κ3) is 26.0. The Bertz CT molecular complexity index is 1590. The van der Waals surface area contributed by atoms with Gasteiger partial charge < -0.3 is 37.4 Å². The summed E-state index contributed by atoms with van der Waals surface area (Å²) in [7, 11) is 1.02. The summed E-state index contributed by atoms with van der Waals surface area (Å²) in [5.41, 5.74) is 2.63. The minimum absolute atomic E-state index is 0.0108. The first-order valence-corrected chi connectivity index (χ1v) is 25.6. The van der Waals surface area contributed by atoms with Crippen molar-refractivity contribution in [1.29, 1.82) is 0 Å². The molecule has 5 atom stereocenters. The molecule has 1 aliphatic carbocycles. The van der Waals surface area contributed by atoms with E-state index < -0.39 is 38.6 Å². The lowest BCUT2D eigenvalue weighted by Gasteiger charge is -2.28. The maximum absolute atomic E-state index is 12.8. The van der Waals surface area contributed by atoms with Crippen molar-refractivity contribution in [3.05, 3.63) is 59.1 Å². The molecule has 1 unspecified atom stereocenters. The summed E-state index contributed by atoms with van der Waals surface area (Å²) in [5.74, 6) is 1.06. The topological polar surface area (TPSA) is 162 Å². The number of esters is 2. The summed E-state index contributed by atoms with van der Waals surface area (Å²) in [4.78, 5) is 50.3. The molecule has 63 heavy (non-hydrogen) atoms. The fraction of sp³-hybridized carbons (Fsp3) is 0.740. The third-order valence-electron chi connectivity index (χ3n) is 11.6. The molecule has 0 aliphatic heterocycles. The van der Waals surface area contributed by atoms with Crippen LogP contribution in [0.3, 0.4) is 0 Å². The molecule has 12 nitrogen and oxygen atoms in total. The second-order valence-electron chi connectivity index (χ2n) is 18.4. The van der Waals surface area contributed by atoms with Gasteiger partial charge in [0.1, 0.15) is 31.3 Å². The number of ether oxygens (including phenoxy) is 2. The number of aryl methyl sites for hydroxylation is 2. The second-order valence-corrected chi connectivity index (χ2v) is 19.8. The Labute approximate surface area is 380 Å². The van der Waals surface area contributed by atoms with E-state index in [4.69, 9.17) is 22.9 Å². The van der Waals surface area contributed by atoms with Gasteiger partial charge in [0.25, 0.3) is 7.82 Å². The highest BCUT2D eigenvalue weighted by Crippen LogP contribution is 2.38. The maximum Gasteiger partial charge on any atom is 0.306 e. The van der Waals surface area contributed by atoms with E-state index in [2.05, 4.69) is 27.7 Å². The molecule has 2 rings (SSSR count). The number of furan rings is 1. The number of aliphatic hydroxyl groups is 1. The van der Waals surface area contributed by atoms with E-state index in [0.717, 1.165) is 75.7 Å². The average molecular weight is 906 g/mol. The molecule has 0 aromatic carbocycles. The van der Waals surface area contributed by atoms with Gasteiger partial charge in [0, 0.05) is 31.6 Å².